The summed E-state index contributed by atoms with van der Waals surface area (Å²) >= 11 is 0. The highest BCUT2D eigenvalue weighted by atomic mass is 32.2. The number of nitrogens with zero attached hydrogens (tertiary/aromatic N) is 1. The lowest BCUT2D eigenvalue weighted by molar-refractivity contribution is 0.302. The number of hydrogen-bond acceptors (Lipinski definition) is 5. The molecule has 1 unspecified atom stereocenters. The van der Waals surface area contributed by atoms with E-state index in [1.54, 1.807) is 0 Å². The molecule has 1 aliphatic rings. The molecule has 1 aromatic carbocycles. The Kier molecular flexibility index (Phi) is 5.47. The van der Waals surface area contributed by atoms with Gasteiger partial charge in [0.05, 0.1) is 18.1 Å². The minimum Gasteiger partial charge on any atom is -0.395 e. The summed E-state index contributed by atoms with van der Waals surface area (Å²) in [6.45, 7) is 3.64. The van der Waals surface area contributed by atoms with Crippen LogP contribution < -0.4 is 10.2 Å². The van der Waals surface area contributed by atoms with Gasteiger partial charge in [-0.15, -0.1) is 0 Å². The summed E-state index contributed by atoms with van der Waals surface area (Å²) in [5.41, 5.74) is 2.01. The maximum Gasteiger partial charge on any atom is 0.152 e. The third kappa shape index (κ3) is 4.61. The Labute approximate surface area is 126 Å². The van der Waals surface area contributed by atoms with E-state index in [9.17, 15) is 8.42 Å². The molecule has 1 aliphatic heterocycles. The summed E-state index contributed by atoms with van der Waals surface area (Å²) in [6, 6.07) is 7.94. The van der Waals surface area contributed by atoms with Crippen LogP contribution in [0.4, 0.5) is 11.4 Å². The lowest BCUT2D eigenvalue weighted by atomic mass is 10.1. The van der Waals surface area contributed by atoms with E-state index in [1.165, 1.54) is 0 Å². The average Bonchev–Trinajstić information content (AvgIpc) is 2.45. The van der Waals surface area contributed by atoms with Crippen molar-refractivity contribution in [1.82, 2.24) is 0 Å². The standard InChI is InChI=1S/C15H24N2O3S/c1-2-17(9-10-18)15-7-5-13(6-8-15)16-14-4-3-11-21(19,20)12-14/h5-8,14,16,18H,2-4,9-12H2,1H3. The van der Waals surface area contributed by atoms with Gasteiger partial charge in [-0.1, -0.05) is 0 Å². The first-order valence-electron chi connectivity index (χ1n) is 7.47. The Hall–Kier alpha value is -1.27. The fourth-order valence-corrected chi connectivity index (χ4v) is 4.37. The molecule has 0 radical (unpaired) electrons. The second-order valence-corrected chi connectivity index (χ2v) is 7.68. The Bertz CT molecular complexity index is 543. The van der Waals surface area contributed by atoms with Crippen molar-refractivity contribution in [2.24, 2.45) is 0 Å². The zero-order valence-corrected chi connectivity index (χ0v) is 13.3. The third-order valence-electron chi connectivity index (χ3n) is 3.82. The molecule has 5 nitrogen and oxygen atoms in total. The first kappa shape index (κ1) is 16.1. The van der Waals surface area contributed by atoms with Crippen molar-refractivity contribution in [3.8, 4) is 0 Å². The van der Waals surface area contributed by atoms with E-state index in [2.05, 4.69) is 17.1 Å². The van der Waals surface area contributed by atoms with Crippen molar-refractivity contribution >= 4 is 21.2 Å². The van der Waals surface area contributed by atoms with Gasteiger partial charge >= 0.3 is 0 Å². The van der Waals surface area contributed by atoms with Gasteiger partial charge in [0.2, 0.25) is 0 Å². The summed E-state index contributed by atoms with van der Waals surface area (Å²) < 4.78 is 23.3. The topological polar surface area (TPSA) is 69.6 Å². The molecule has 118 valence electrons. The molecule has 1 aromatic rings. The number of aliphatic hydroxyl groups is 1. The van der Waals surface area contributed by atoms with E-state index < -0.39 is 9.84 Å². The molecule has 0 aromatic heterocycles. The molecule has 1 heterocycles. The maximum atomic E-state index is 11.6. The van der Waals surface area contributed by atoms with Gasteiger partial charge in [0, 0.05) is 30.5 Å². The lowest BCUT2D eigenvalue weighted by Gasteiger charge is -2.25. The van der Waals surface area contributed by atoms with Crippen LogP contribution in [0.15, 0.2) is 24.3 Å². The van der Waals surface area contributed by atoms with E-state index >= 15 is 0 Å². The minimum atomic E-state index is -2.88. The van der Waals surface area contributed by atoms with Gasteiger partial charge in [-0.2, -0.15) is 0 Å². The third-order valence-corrected chi connectivity index (χ3v) is 5.64. The van der Waals surface area contributed by atoms with Gasteiger partial charge in [-0.25, -0.2) is 8.42 Å². The van der Waals surface area contributed by atoms with Gasteiger partial charge in [-0.3, -0.25) is 0 Å². The number of anilines is 2. The highest BCUT2D eigenvalue weighted by Crippen LogP contribution is 2.21. The fraction of sp³-hybridized carbons (Fsp3) is 0.600. The van der Waals surface area contributed by atoms with Gasteiger partial charge in [0.25, 0.3) is 0 Å². The van der Waals surface area contributed by atoms with Crippen LogP contribution in [0.2, 0.25) is 0 Å². The molecule has 6 heteroatoms. The molecule has 21 heavy (non-hydrogen) atoms. The van der Waals surface area contributed by atoms with Crippen molar-refractivity contribution in [3.05, 3.63) is 24.3 Å². The van der Waals surface area contributed by atoms with Crippen LogP contribution in [0.3, 0.4) is 0 Å². The molecule has 1 atom stereocenters. The van der Waals surface area contributed by atoms with E-state index in [0.29, 0.717) is 12.3 Å². The molecule has 0 bridgehead atoms. The van der Waals surface area contributed by atoms with E-state index in [-0.39, 0.29) is 18.4 Å². The number of benzene rings is 1. The van der Waals surface area contributed by atoms with Gasteiger partial charge in [0.15, 0.2) is 9.84 Å². The summed E-state index contributed by atoms with van der Waals surface area (Å²) in [4.78, 5) is 2.09. The van der Waals surface area contributed by atoms with Gasteiger partial charge in [0.1, 0.15) is 0 Å². The molecular weight excluding hydrogens is 288 g/mol. The van der Waals surface area contributed by atoms with Crippen molar-refractivity contribution in [3.63, 3.8) is 0 Å². The molecule has 0 amide bonds. The van der Waals surface area contributed by atoms with Crippen molar-refractivity contribution in [2.45, 2.75) is 25.8 Å². The van der Waals surface area contributed by atoms with Crippen LogP contribution in [0.1, 0.15) is 19.8 Å². The first-order valence-corrected chi connectivity index (χ1v) is 9.29. The summed E-state index contributed by atoms with van der Waals surface area (Å²) in [5, 5.41) is 12.3. The van der Waals surface area contributed by atoms with Crippen LogP contribution in [-0.4, -0.2) is 50.8 Å². The fourth-order valence-electron chi connectivity index (χ4n) is 2.73. The SMILES string of the molecule is CCN(CCO)c1ccc(NC2CCCS(=O)(=O)C2)cc1. The highest BCUT2D eigenvalue weighted by Gasteiger charge is 2.24. The molecule has 0 spiro atoms. The predicted octanol–water partition coefficient (Wildman–Crippen LogP) is 1.49. The number of likely N-dealkylation sites (N-methyl/N-ethyl adjacent to an activating group) is 1. The van der Waals surface area contributed by atoms with Crippen LogP contribution >= 0.6 is 0 Å². The van der Waals surface area contributed by atoms with Crippen molar-refractivity contribution < 1.29 is 13.5 Å². The van der Waals surface area contributed by atoms with E-state index in [4.69, 9.17) is 5.11 Å². The number of sulfone groups is 1. The van der Waals surface area contributed by atoms with Crippen LogP contribution in [0.5, 0.6) is 0 Å². The molecular formula is C15H24N2O3S. The zero-order chi connectivity index (χ0) is 15.3. The van der Waals surface area contributed by atoms with Gasteiger partial charge in [-0.05, 0) is 44.0 Å². The minimum absolute atomic E-state index is 0.00863. The number of rotatable bonds is 6. The highest BCUT2D eigenvalue weighted by molar-refractivity contribution is 7.91. The van der Waals surface area contributed by atoms with Gasteiger partial charge < -0.3 is 15.3 Å². The van der Waals surface area contributed by atoms with Crippen LogP contribution in [-0.2, 0) is 9.84 Å². The number of nitrogens with one attached hydrogen (secondary N) is 1. The monoisotopic (exact) mass is 312 g/mol. The Morgan fingerprint density at radius 2 is 2.05 bits per heavy atom. The summed E-state index contributed by atoms with van der Waals surface area (Å²) in [7, 11) is -2.88. The Morgan fingerprint density at radius 3 is 2.62 bits per heavy atom. The van der Waals surface area contributed by atoms with Crippen LogP contribution in [0, 0.1) is 0 Å². The van der Waals surface area contributed by atoms with E-state index in [1.807, 2.05) is 24.3 Å². The quantitative estimate of drug-likeness (QED) is 0.833. The van der Waals surface area contributed by atoms with E-state index in [0.717, 1.165) is 30.8 Å². The molecule has 1 fully saturated rings. The number of aliphatic hydroxyl groups excluding tert-OH is 1. The lowest BCUT2D eigenvalue weighted by Crippen LogP contribution is -2.34. The maximum absolute atomic E-state index is 11.6. The first-order chi connectivity index (χ1) is 10.0. The van der Waals surface area contributed by atoms with Crippen molar-refractivity contribution in [1.29, 1.82) is 0 Å². The molecule has 0 aliphatic carbocycles. The molecule has 0 saturated carbocycles. The second kappa shape index (κ2) is 7.13. The summed E-state index contributed by atoms with van der Waals surface area (Å²) in [6.07, 6.45) is 1.63. The molecule has 2 rings (SSSR count). The predicted molar refractivity (Wildman–Crippen MR) is 86.7 cm³/mol. The van der Waals surface area contributed by atoms with Crippen molar-refractivity contribution in [2.75, 3.05) is 41.4 Å². The normalized spacial score (nSPS) is 21.0. The molecule has 2 N–H and O–H groups in total. The Morgan fingerprint density at radius 1 is 1.33 bits per heavy atom. The van der Waals surface area contributed by atoms with Crippen LogP contribution in [0.25, 0.3) is 0 Å². The zero-order valence-electron chi connectivity index (χ0n) is 12.5. The summed E-state index contributed by atoms with van der Waals surface area (Å²) in [5.74, 6) is 0.539. The largest absolute Gasteiger partial charge is 0.395 e. The smallest absolute Gasteiger partial charge is 0.152 e. The Balaban J connectivity index is 1.99. The second-order valence-electron chi connectivity index (χ2n) is 5.45. The average molecular weight is 312 g/mol. The number of hydrogen-bond donors (Lipinski definition) is 2. The molecule has 1 saturated heterocycles.